The van der Waals surface area contributed by atoms with E-state index in [0.717, 1.165) is 22.4 Å². The number of para-hydroxylation sites is 2. The van der Waals surface area contributed by atoms with Crippen LogP contribution >= 0.6 is 0 Å². The molecular weight excluding hydrogens is 276 g/mol. The van der Waals surface area contributed by atoms with Gasteiger partial charge in [-0.2, -0.15) is 0 Å². The molecule has 0 aliphatic heterocycles. The minimum Gasteiger partial charge on any atom is -0.493 e. The molecule has 3 heteroatoms. The van der Waals surface area contributed by atoms with E-state index in [9.17, 15) is 4.79 Å². The van der Waals surface area contributed by atoms with E-state index in [1.807, 2.05) is 63.2 Å². The van der Waals surface area contributed by atoms with Crippen LogP contribution in [0.2, 0.25) is 0 Å². The summed E-state index contributed by atoms with van der Waals surface area (Å²) in [7, 11) is 0. The molecule has 114 valence electrons. The van der Waals surface area contributed by atoms with Crippen molar-refractivity contribution in [3.63, 3.8) is 0 Å². The Morgan fingerprint density at radius 1 is 1.05 bits per heavy atom. The molecule has 0 aromatic heterocycles. The molecule has 0 N–H and O–H groups in total. The summed E-state index contributed by atoms with van der Waals surface area (Å²) in [6.07, 6.45) is 3.13. The Morgan fingerprint density at radius 3 is 2.41 bits per heavy atom. The van der Waals surface area contributed by atoms with Gasteiger partial charge in [-0.05, 0) is 44.0 Å². The molecule has 2 aromatic carbocycles. The molecule has 0 atom stereocenters. The lowest BCUT2D eigenvalue weighted by molar-refractivity contribution is -0.129. The van der Waals surface area contributed by atoms with Gasteiger partial charge in [0.05, 0.1) is 6.61 Å². The summed E-state index contributed by atoms with van der Waals surface area (Å²) in [5.41, 5.74) is 2.73. The van der Waals surface area contributed by atoms with E-state index >= 15 is 0 Å². The first-order valence-electron chi connectivity index (χ1n) is 7.29. The third-order valence-corrected chi connectivity index (χ3v) is 3.23. The average Bonchev–Trinajstić information content (AvgIpc) is 2.50. The molecule has 0 bridgehead atoms. The third kappa shape index (κ3) is 3.98. The monoisotopic (exact) mass is 296 g/mol. The maximum absolute atomic E-state index is 12.0. The third-order valence-electron chi connectivity index (χ3n) is 3.23. The molecule has 0 spiro atoms. The first-order chi connectivity index (χ1) is 10.6. The molecule has 3 nitrogen and oxygen atoms in total. The topological polar surface area (TPSA) is 35.5 Å². The second kappa shape index (κ2) is 7.46. The van der Waals surface area contributed by atoms with Gasteiger partial charge in [-0.25, -0.2) is 4.79 Å². The fraction of sp³-hybridized carbons (Fsp3) is 0.211. The zero-order chi connectivity index (χ0) is 15.9. The van der Waals surface area contributed by atoms with E-state index in [-0.39, 0.29) is 0 Å². The molecular formula is C19H20O3. The van der Waals surface area contributed by atoms with Crippen molar-refractivity contribution in [2.75, 3.05) is 6.61 Å². The van der Waals surface area contributed by atoms with Gasteiger partial charge in [-0.3, -0.25) is 0 Å². The Labute approximate surface area is 131 Å². The number of esters is 1. The molecule has 0 heterocycles. The zero-order valence-corrected chi connectivity index (χ0v) is 13.1. The summed E-state index contributed by atoms with van der Waals surface area (Å²) in [6, 6.07) is 13.4. The molecule has 0 unspecified atom stereocenters. The van der Waals surface area contributed by atoms with E-state index in [2.05, 4.69) is 0 Å². The number of aryl methyl sites for hydroxylation is 2. The molecule has 2 aromatic rings. The van der Waals surface area contributed by atoms with Gasteiger partial charge in [0.25, 0.3) is 0 Å². The number of carbonyl (C=O) groups excluding carboxylic acids is 1. The van der Waals surface area contributed by atoms with Crippen molar-refractivity contribution < 1.29 is 14.3 Å². The summed E-state index contributed by atoms with van der Waals surface area (Å²) in [5.74, 6) is 0.972. The normalized spacial score (nSPS) is 10.7. The van der Waals surface area contributed by atoms with E-state index < -0.39 is 5.97 Å². The van der Waals surface area contributed by atoms with Crippen molar-refractivity contribution >= 4 is 12.0 Å². The molecule has 0 amide bonds. The molecule has 2 rings (SSSR count). The second-order valence-electron chi connectivity index (χ2n) is 4.95. The molecule has 0 aliphatic rings. The predicted octanol–water partition coefficient (Wildman–Crippen LogP) is 4.32. The van der Waals surface area contributed by atoms with Gasteiger partial charge in [0.15, 0.2) is 0 Å². The van der Waals surface area contributed by atoms with Crippen LogP contribution in [0, 0.1) is 13.8 Å². The first-order valence-corrected chi connectivity index (χ1v) is 7.29. The van der Waals surface area contributed by atoms with Gasteiger partial charge < -0.3 is 9.47 Å². The largest absolute Gasteiger partial charge is 0.493 e. The van der Waals surface area contributed by atoms with Gasteiger partial charge in [0.1, 0.15) is 11.5 Å². The number of carbonyl (C=O) groups is 1. The van der Waals surface area contributed by atoms with Crippen LogP contribution in [0.4, 0.5) is 0 Å². The van der Waals surface area contributed by atoms with E-state index in [0.29, 0.717) is 12.4 Å². The zero-order valence-electron chi connectivity index (χ0n) is 13.1. The Morgan fingerprint density at radius 2 is 1.73 bits per heavy atom. The first kappa shape index (κ1) is 15.8. The van der Waals surface area contributed by atoms with E-state index in [4.69, 9.17) is 9.47 Å². The SMILES string of the molecule is CCOc1ccccc1/C=C/C(=O)Oc1c(C)cccc1C. The number of rotatable bonds is 5. The maximum atomic E-state index is 12.0. The van der Waals surface area contributed by atoms with Gasteiger partial charge in [-0.15, -0.1) is 0 Å². The summed E-state index contributed by atoms with van der Waals surface area (Å²) >= 11 is 0. The van der Waals surface area contributed by atoms with Crippen molar-refractivity contribution in [1.29, 1.82) is 0 Å². The smallest absolute Gasteiger partial charge is 0.336 e. The van der Waals surface area contributed by atoms with Crippen molar-refractivity contribution in [2.24, 2.45) is 0 Å². The average molecular weight is 296 g/mol. The van der Waals surface area contributed by atoms with Crippen molar-refractivity contribution in [3.8, 4) is 11.5 Å². The van der Waals surface area contributed by atoms with Crippen LogP contribution in [0.1, 0.15) is 23.6 Å². The Kier molecular flexibility index (Phi) is 5.37. The summed E-state index contributed by atoms with van der Waals surface area (Å²) < 4.78 is 11.0. The number of ether oxygens (including phenoxy) is 2. The highest BCUT2D eigenvalue weighted by molar-refractivity contribution is 5.89. The lowest BCUT2D eigenvalue weighted by Crippen LogP contribution is -2.06. The number of hydrogen-bond acceptors (Lipinski definition) is 3. The van der Waals surface area contributed by atoms with Crippen LogP contribution in [0.15, 0.2) is 48.5 Å². The molecule has 22 heavy (non-hydrogen) atoms. The minimum absolute atomic E-state index is 0.399. The van der Waals surface area contributed by atoms with Crippen molar-refractivity contribution in [3.05, 3.63) is 65.2 Å². The predicted molar refractivity (Wildman–Crippen MR) is 88.2 cm³/mol. The molecule has 0 radical (unpaired) electrons. The van der Waals surface area contributed by atoms with Gasteiger partial charge >= 0.3 is 5.97 Å². The fourth-order valence-corrected chi connectivity index (χ4v) is 2.16. The summed E-state index contributed by atoms with van der Waals surface area (Å²) in [6.45, 7) is 6.35. The van der Waals surface area contributed by atoms with E-state index in [1.54, 1.807) is 6.08 Å². The Balaban J connectivity index is 2.12. The molecule has 0 fully saturated rings. The van der Waals surface area contributed by atoms with Gasteiger partial charge in [-0.1, -0.05) is 36.4 Å². The van der Waals surface area contributed by atoms with Gasteiger partial charge in [0.2, 0.25) is 0 Å². The number of benzene rings is 2. The van der Waals surface area contributed by atoms with E-state index in [1.165, 1.54) is 6.08 Å². The highest BCUT2D eigenvalue weighted by Gasteiger charge is 2.07. The van der Waals surface area contributed by atoms with Crippen LogP contribution in [0.3, 0.4) is 0 Å². The molecule has 0 saturated heterocycles. The molecule has 0 aliphatic carbocycles. The quantitative estimate of drug-likeness (QED) is 0.468. The minimum atomic E-state index is -0.399. The number of hydrogen-bond donors (Lipinski definition) is 0. The van der Waals surface area contributed by atoms with Crippen LogP contribution < -0.4 is 9.47 Å². The second-order valence-corrected chi connectivity index (χ2v) is 4.95. The van der Waals surface area contributed by atoms with Crippen molar-refractivity contribution in [2.45, 2.75) is 20.8 Å². The van der Waals surface area contributed by atoms with Crippen LogP contribution in [-0.2, 0) is 4.79 Å². The van der Waals surface area contributed by atoms with Crippen molar-refractivity contribution in [1.82, 2.24) is 0 Å². The maximum Gasteiger partial charge on any atom is 0.336 e. The standard InChI is InChI=1S/C19H20O3/c1-4-21-17-11-6-5-10-16(17)12-13-18(20)22-19-14(2)8-7-9-15(19)3/h5-13H,4H2,1-3H3/b13-12+. The lowest BCUT2D eigenvalue weighted by Gasteiger charge is -2.09. The lowest BCUT2D eigenvalue weighted by atomic mass is 10.1. The summed E-state index contributed by atoms with van der Waals surface area (Å²) in [4.78, 5) is 12.0. The van der Waals surface area contributed by atoms with Crippen LogP contribution in [0.25, 0.3) is 6.08 Å². The van der Waals surface area contributed by atoms with Crippen LogP contribution in [0.5, 0.6) is 11.5 Å². The van der Waals surface area contributed by atoms with Gasteiger partial charge in [0, 0.05) is 11.6 Å². The Bertz CT molecular complexity index is 667. The van der Waals surface area contributed by atoms with Crippen LogP contribution in [-0.4, -0.2) is 12.6 Å². The summed E-state index contributed by atoms with van der Waals surface area (Å²) in [5, 5.41) is 0. The highest BCUT2D eigenvalue weighted by atomic mass is 16.5. The Hall–Kier alpha value is -2.55. The fourth-order valence-electron chi connectivity index (χ4n) is 2.16. The highest BCUT2D eigenvalue weighted by Crippen LogP contribution is 2.23. The molecule has 0 saturated carbocycles.